The first-order chi connectivity index (χ1) is 15.6. The molecule has 32 heavy (non-hydrogen) atoms. The molecule has 0 bridgehead atoms. The summed E-state index contributed by atoms with van der Waals surface area (Å²) < 4.78 is 10.5. The zero-order valence-corrected chi connectivity index (χ0v) is 21.5. The minimum atomic E-state index is -0.336. The Morgan fingerprint density at radius 3 is 1.81 bits per heavy atom. The van der Waals surface area contributed by atoms with Crippen molar-refractivity contribution in [2.24, 2.45) is 17.8 Å². The molecule has 188 valence electrons. The smallest absolute Gasteiger partial charge is 0.309 e. The van der Waals surface area contributed by atoms with Gasteiger partial charge in [0, 0.05) is 0 Å². The van der Waals surface area contributed by atoms with E-state index in [-0.39, 0.29) is 30.2 Å². The Balaban J connectivity index is 2.33. The molecule has 1 aliphatic rings. The maximum Gasteiger partial charge on any atom is 0.309 e. The van der Waals surface area contributed by atoms with E-state index in [0.29, 0.717) is 19.1 Å². The Bertz CT molecular complexity index is 476. The number of hydrogen-bond acceptors (Lipinski definition) is 4. The standard InChI is InChI=1S/C28H52O4/c1-4-7-8-9-10-11-12-13-14-15-16-17-20-24-21-18-19-22-25(24)26(28(30)32-6-3)23-27(29)31-5-2/h24-26H,4-23H2,1-3H3. The van der Waals surface area contributed by atoms with E-state index in [1.165, 1.54) is 96.3 Å². The van der Waals surface area contributed by atoms with Gasteiger partial charge in [-0.1, -0.05) is 110 Å². The number of unbranched alkanes of at least 4 members (excludes halogenated alkanes) is 11. The summed E-state index contributed by atoms with van der Waals surface area (Å²) >= 11 is 0. The van der Waals surface area contributed by atoms with Crippen molar-refractivity contribution in [2.45, 2.75) is 136 Å². The van der Waals surface area contributed by atoms with Crippen LogP contribution in [-0.2, 0) is 19.1 Å². The monoisotopic (exact) mass is 452 g/mol. The van der Waals surface area contributed by atoms with Crippen molar-refractivity contribution in [1.29, 1.82) is 0 Å². The lowest BCUT2D eigenvalue weighted by Crippen LogP contribution is -2.35. The fraction of sp³-hybridized carbons (Fsp3) is 0.929. The number of carbonyl (C=O) groups is 2. The van der Waals surface area contributed by atoms with Crippen molar-refractivity contribution in [3.63, 3.8) is 0 Å². The summed E-state index contributed by atoms with van der Waals surface area (Å²) in [6, 6.07) is 0. The summed E-state index contributed by atoms with van der Waals surface area (Å²) in [6.45, 7) is 6.66. The molecule has 0 amide bonds. The number of esters is 2. The van der Waals surface area contributed by atoms with Crippen molar-refractivity contribution in [1.82, 2.24) is 0 Å². The summed E-state index contributed by atoms with van der Waals surface area (Å²) in [5.41, 5.74) is 0. The van der Waals surface area contributed by atoms with E-state index in [1.807, 2.05) is 13.8 Å². The summed E-state index contributed by atoms with van der Waals surface area (Å²) in [6.07, 6.45) is 22.3. The van der Waals surface area contributed by atoms with Crippen LogP contribution in [-0.4, -0.2) is 25.2 Å². The first-order valence-corrected chi connectivity index (χ1v) is 14.0. The van der Waals surface area contributed by atoms with Crippen LogP contribution >= 0.6 is 0 Å². The molecular weight excluding hydrogens is 400 g/mol. The number of hydrogen-bond donors (Lipinski definition) is 0. The van der Waals surface area contributed by atoms with Gasteiger partial charge < -0.3 is 9.47 Å². The van der Waals surface area contributed by atoms with Crippen LogP contribution in [0.5, 0.6) is 0 Å². The number of rotatable bonds is 19. The Kier molecular flexibility index (Phi) is 17.6. The van der Waals surface area contributed by atoms with Gasteiger partial charge in [-0.3, -0.25) is 9.59 Å². The van der Waals surface area contributed by atoms with E-state index in [4.69, 9.17) is 9.47 Å². The van der Waals surface area contributed by atoms with Crippen LogP contribution in [0.1, 0.15) is 136 Å². The second kappa shape index (κ2) is 19.4. The average Bonchev–Trinajstić information content (AvgIpc) is 2.79. The van der Waals surface area contributed by atoms with Crippen LogP contribution in [0.4, 0.5) is 0 Å². The van der Waals surface area contributed by atoms with Gasteiger partial charge in [0.2, 0.25) is 0 Å². The van der Waals surface area contributed by atoms with E-state index in [1.54, 1.807) is 0 Å². The van der Waals surface area contributed by atoms with Gasteiger partial charge in [-0.2, -0.15) is 0 Å². The van der Waals surface area contributed by atoms with Gasteiger partial charge in [-0.25, -0.2) is 0 Å². The minimum Gasteiger partial charge on any atom is -0.466 e. The predicted octanol–water partition coefficient (Wildman–Crippen LogP) is 8.02. The van der Waals surface area contributed by atoms with Gasteiger partial charge in [0.05, 0.1) is 25.6 Å². The molecule has 0 radical (unpaired) electrons. The molecule has 1 saturated carbocycles. The van der Waals surface area contributed by atoms with E-state index in [2.05, 4.69) is 6.92 Å². The van der Waals surface area contributed by atoms with Gasteiger partial charge >= 0.3 is 11.9 Å². The van der Waals surface area contributed by atoms with Crippen LogP contribution in [0.15, 0.2) is 0 Å². The highest BCUT2D eigenvalue weighted by molar-refractivity contribution is 5.80. The van der Waals surface area contributed by atoms with Crippen LogP contribution in [0.25, 0.3) is 0 Å². The predicted molar refractivity (Wildman–Crippen MR) is 133 cm³/mol. The van der Waals surface area contributed by atoms with E-state index in [9.17, 15) is 9.59 Å². The molecule has 0 aromatic carbocycles. The van der Waals surface area contributed by atoms with Crippen LogP contribution in [0, 0.1) is 17.8 Å². The normalized spacial score (nSPS) is 19.5. The van der Waals surface area contributed by atoms with Gasteiger partial charge in [0.25, 0.3) is 0 Å². The molecule has 0 aromatic rings. The van der Waals surface area contributed by atoms with Crippen molar-refractivity contribution in [3.05, 3.63) is 0 Å². The van der Waals surface area contributed by atoms with Gasteiger partial charge in [0.15, 0.2) is 0 Å². The highest BCUT2D eigenvalue weighted by Crippen LogP contribution is 2.40. The lowest BCUT2D eigenvalue weighted by molar-refractivity contribution is -0.158. The van der Waals surface area contributed by atoms with Crippen LogP contribution in [0.3, 0.4) is 0 Å². The highest BCUT2D eigenvalue weighted by Gasteiger charge is 2.38. The Hall–Kier alpha value is -1.06. The quantitative estimate of drug-likeness (QED) is 0.147. The Morgan fingerprint density at radius 2 is 1.25 bits per heavy atom. The van der Waals surface area contributed by atoms with E-state index < -0.39 is 0 Å². The second-order valence-corrected chi connectivity index (χ2v) is 9.75. The first kappa shape index (κ1) is 29.0. The lowest BCUT2D eigenvalue weighted by atomic mass is 9.69. The molecule has 3 unspecified atom stereocenters. The second-order valence-electron chi connectivity index (χ2n) is 9.75. The summed E-state index contributed by atoms with van der Waals surface area (Å²) in [4.78, 5) is 24.8. The number of ether oxygens (including phenoxy) is 2. The third kappa shape index (κ3) is 12.8. The van der Waals surface area contributed by atoms with Crippen molar-refractivity contribution in [2.75, 3.05) is 13.2 Å². The molecule has 0 saturated heterocycles. The maximum atomic E-state index is 12.7. The molecule has 4 heteroatoms. The minimum absolute atomic E-state index is 0.173. The fourth-order valence-corrected chi connectivity index (χ4v) is 5.43. The van der Waals surface area contributed by atoms with Gasteiger partial charge in [0.1, 0.15) is 0 Å². The fourth-order valence-electron chi connectivity index (χ4n) is 5.43. The summed E-state index contributed by atoms with van der Waals surface area (Å²) in [5.74, 6) is -0.000341. The Labute approximate surface area is 198 Å². The largest absolute Gasteiger partial charge is 0.466 e. The number of carbonyl (C=O) groups excluding carboxylic acids is 2. The molecule has 4 nitrogen and oxygen atoms in total. The Morgan fingerprint density at radius 1 is 0.719 bits per heavy atom. The molecule has 0 spiro atoms. The molecule has 0 N–H and O–H groups in total. The highest BCUT2D eigenvalue weighted by atomic mass is 16.5. The third-order valence-corrected chi connectivity index (χ3v) is 7.19. The van der Waals surface area contributed by atoms with Gasteiger partial charge in [-0.05, 0) is 32.1 Å². The van der Waals surface area contributed by atoms with Gasteiger partial charge in [-0.15, -0.1) is 0 Å². The van der Waals surface area contributed by atoms with Crippen LogP contribution < -0.4 is 0 Å². The summed E-state index contributed by atoms with van der Waals surface area (Å²) in [5, 5.41) is 0. The van der Waals surface area contributed by atoms with Crippen molar-refractivity contribution in [3.8, 4) is 0 Å². The SMILES string of the molecule is CCCCCCCCCCCCCCC1CCCCC1C(CC(=O)OCC)C(=O)OCC. The van der Waals surface area contributed by atoms with Crippen LogP contribution in [0.2, 0.25) is 0 Å². The molecule has 0 heterocycles. The zero-order valence-electron chi connectivity index (χ0n) is 21.5. The molecule has 1 aliphatic carbocycles. The van der Waals surface area contributed by atoms with E-state index >= 15 is 0 Å². The average molecular weight is 453 g/mol. The van der Waals surface area contributed by atoms with Crippen molar-refractivity contribution < 1.29 is 19.1 Å². The molecular formula is C28H52O4. The summed E-state index contributed by atoms with van der Waals surface area (Å²) in [7, 11) is 0. The van der Waals surface area contributed by atoms with E-state index in [0.717, 1.165) is 12.8 Å². The lowest BCUT2D eigenvalue weighted by Gasteiger charge is -2.36. The topological polar surface area (TPSA) is 52.6 Å². The first-order valence-electron chi connectivity index (χ1n) is 14.0. The van der Waals surface area contributed by atoms with Crippen molar-refractivity contribution >= 4 is 11.9 Å². The molecule has 3 atom stereocenters. The molecule has 1 rings (SSSR count). The third-order valence-electron chi connectivity index (χ3n) is 7.19. The zero-order chi connectivity index (χ0) is 23.4. The molecule has 0 aliphatic heterocycles. The molecule has 1 fully saturated rings. The molecule has 0 aromatic heterocycles. The maximum absolute atomic E-state index is 12.7.